The number of amides is 2. The van der Waals surface area contributed by atoms with E-state index in [1.165, 1.54) is 0 Å². The Labute approximate surface area is 161 Å². The van der Waals surface area contributed by atoms with Crippen LogP contribution in [-0.4, -0.2) is 36.3 Å². The fourth-order valence-corrected chi connectivity index (χ4v) is 2.99. The maximum atomic E-state index is 12.3. The Balaban J connectivity index is 1.95. The summed E-state index contributed by atoms with van der Waals surface area (Å²) in [6, 6.07) is 13.3. The summed E-state index contributed by atoms with van der Waals surface area (Å²) in [5.74, 6) is -0.0711. The molecule has 0 aliphatic heterocycles. The molecule has 0 saturated carbocycles. The monoisotopic (exact) mass is 367 g/mol. The summed E-state index contributed by atoms with van der Waals surface area (Å²) >= 11 is 0. The van der Waals surface area contributed by atoms with Crippen LogP contribution in [0.5, 0.6) is 0 Å². The van der Waals surface area contributed by atoms with E-state index in [2.05, 4.69) is 17.6 Å². The Morgan fingerprint density at radius 1 is 0.963 bits per heavy atom. The number of hydrogen-bond acceptors (Lipinski definition) is 3. The Morgan fingerprint density at radius 3 is 2.22 bits per heavy atom. The zero-order valence-electron chi connectivity index (χ0n) is 16.6. The molecule has 2 aromatic carbocycles. The van der Waals surface area contributed by atoms with E-state index in [-0.39, 0.29) is 18.4 Å². The van der Waals surface area contributed by atoms with Crippen LogP contribution < -0.4 is 10.6 Å². The molecule has 2 N–H and O–H groups in total. The van der Waals surface area contributed by atoms with Gasteiger partial charge in [-0.1, -0.05) is 25.1 Å². The molecule has 5 nitrogen and oxygen atoms in total. The molecule has 0 saturated heterocycles. The van der Waals surface area contributed by atoms with Crippen molar-refractivity contribution >= 4 is 23.2 Å². The fraction of sp³-hybridized carbons (Fsp3) is 0.364. The highest BCUT2D eigenvalue weighted by atomic mass is 16.2. The van der Waals surface area contributed by atoms with E-state index in [0.717, 1.165) is 28.9 Å². The number of benzene rings is 2. The lowest BCUT2D eigenvalue weighted by Crippen LogP contribution is -2.30. The van der Waals surface area contributed by atoms with Crippen LogP contribution in [-0.2, 0) is 11.2 Å². The number of nitrogens with zero attached hydrogens (tertiary/aromatic N) is 1. The molecule has 27 heavy (non-hydrogen) atoms. The molecule has 0 aliphatic rings. The van der Waals surface area contributed by atoms with Gasteiger partial charge in [0.25, 0.3) is 5.91 Å². The van der Waals surface area contributed by atoms with Crippen molar-refractivity contribution in [2.24, 2.45) is 0 Å². The molecule has 0 radical (unpaired) electrons. The van der Waals surface area contributed by atoms with Crippen molar-refractivity contribution < 1.29 is 9.59 Å². The molecule has 0 heterocycles. The highest BCUT2D eigenvalue weighted by Crippen LogP contribution is 2.21. The molecule has 144 valence electrons. The minimum atomic E-state index is -0.0951. The lowest BCUT2D eigenvalue weighted by molar-refractivity contribution is -0.114. The van der Waals surface area contributed by atoms with Crippen molar-refractivity contribution in [2.45, 2.75) is 34.1 Å². The van der Waals surface area contributed by atoms with Gasteiger partial charge in [-0.2, -0.15) is 0 Å². The quantitative estimate of drug-likeness (QED) is 0.739. The second-order valence-electron chi connectivity index (χ2n) is 6.42. The van der Waals surface area contributed by atoms with E-state index in [1.54, 1.807) is 17.0 Å². The summed E-state index contributed by atoms with van der Waals surface area (Å²) in [7, 11) is 0. The third kappa shape index (κ3) is 5.33. The van der Waals surface area contributed by atoms with Crippen LogP contribution in [0.3, 0.4) is 0 Å². The largest absolute Gasteiger partial charge is 0.376 e. The third-order valence-corrected chi connectivity index (χ3v) is 4.64. The van der Waals surface area contributed by atoms with Crippen LogP contribution in [0, 0.1) is 6.92 Å². The standard InChI is InChI=1S/C22H29N3O2/c1-5-17-10-8-9-16(4)21(17)24-20(26)15-23-19-13-11-18(12-14-19)22(27)25(6-2)7-3/h8-14,23H,5-7,15H2,1-4H3,(H,24,26). The summed E-state index contributed by atoms with van der Waals surface area (Å²) in [4.78, 5) is 26.4. The van der Waals surface area contributed by atoms with Crippen molar-refractivity contribution in [3.8, 4) is 0 Å². The zero-order valence-corrected chi connectivity index (χ0v) is 16.6. The average molecular weight is 367 g/mol. The maximum Gasteiger partial charge on any atom is 0.253 e. The summed E-state index contributed by atoms with van der Waals surface area (Å²) in [5, 5.41) is 6.11. The molecular weight excluding hydrogens is 338 g/mol. The second-order valence-corrected chi connectivity index (χ2v) is 6.42. The predicted octanol–water partition coefficient (Wildman–Crippen LogP) is 4.09. The average Bonchev–Trinajstić information content (AvgIpc) is 2.69. The highest BCUT2D eigenvalue weighted by Gasteiger charge is 2.12. The molecule has 0 aliphatic carbocycles. The number of anilines is 2. The molecule has 0 unspecified atom stereocenters. The van der Waals surface area contributed by atoms with E-state index in [1.807, 2.05) is 51.1 Å². The van der Waals surface area contributed by atoms with E-state index >= 15 is 0 Å². The number of rotatable bonds is 8. The predicted molar refractivity (Wildman–Crippen MR) is 111 cm³/mol. The maximum absolute atomic E-state index is 12.3. The number of carbonyl (C=O) groups excluding carboxylic acids is 2. The van der Waals surface area contributed by atoms with Gasteiger partial charge in [0.1, 0.15) is 0 Å². The van der Waals surface area contributed by atoms with E-state index in [4.69, 9.17) is 0 Å². The van der Waals surface area contributed by atoms with Gasteiger partial charge >= 0.3 is 0 Å². The molecule has 0 bridgehead atoms. The number of para-hydroxylation sites is 1. The Bertz CT molecular complexity index is 781. The van der Waals surface area contributed by atoms with Gasteiger partial charge in [0.05, 0.1) is 6.54 Å². The van der Waals surface area contributed by atoms with Gasteiger partial charge in [0.2, 0.25) is 5.91 Å². The summed E-state index contributed by atoms with van der Waals surface area (Å²) in [6.45, 7) is 9.55. The van der Waals surface area contributed by atoms with Crippen molar-refractivity contribution in [3.63, 3.8) is 0 Å². The third-order valence-electron chi connectivity index (χ3n) is 4.64. The van der Waals surface area contributed by atoms with Gasteiger partial charge in [0, 0.05) is 30.0 Å². The van der Waals surface area contributed by atoms with Gasteiger partial charge in [-0.05, 0) is 62.6 Å². The van der Waals surface area contributed by atoms with Crippen molar-refractivity contribution in [1.29, 1.82) is 0 Å². The lowest BCUT2D eigenvalue weighted by Gasteiger charge is -2.18. The Morgan fingerprint density at radius 2 is 1.63 bits per heavy atom. The first kappa shape index (κ1) is 20.5. The van der Waals surface area contributed by atoms with Crippen molar-refractivity contribution in [3.05, 3.63) is 59.2 Å². The minimum absolute atomic E-state index is 0.0240. The highest BCUT2D eigenvalue weighted by molar-refractivity contribution is 5.96. The molecule has 0 atom stereocenters. The second kappa shape index (κ2) is 9.76. The first-order chi connectivity index (χ1) is 13.0. The summed E-state index contributed by atoms with van der Waals surface area (Å²) < 4.78 is 0. The Kier molecular flexibility index (Phi) is 7.41. The van der Waals surface area contributed by atoms with Gasteiger partial charge in [-0.15, -0.1) is 0 Å². The van der Waals surface area contributed by atoms with Gasteiger partial charge < -0.3 is 15.5 Å². The van der Waals surface area contributed by atoms with E-state index < -0.39 is 0 Å². The van der Waals surface area contributed by atoms with Crippen molar-refractivity contribution in [1.82, 2.24) is 4.90 Å². The first-order valence-electron chi connectivity index (χ1n) is 9.51. The lowest BCUT2D eigenvalue weighted by atomic mass is 10.1. The van der Waals surface area contributed by atoms with Gasteiger partial charge in [0.15, 0.2) is 0 Å². The SMILES string of the molecule is CCc1cccc(C)c1NC(=O)CNc1ccc(C(=O)N(CC)CC)cc1. The number of hydrogen-bond donors (Lipinski definition) is 2. The van der Waals surface area contributed by atoms with Crippen LogP contribution in [0.15, 0.2) is 42.5 Å². The van der Waals surface area contributed by atoms with E-state index in [9.17, 15) is 9.59 Å². The normalized spacial score (nSPS) is 10.4. The van der Waals surface area contributed by atoms with Crippen molar-refractivity contribution in [2.75, 3.05) is 30.3 Å². The molecule has 0 fully saturated rings. The molecule has 5 heteroatoms. The van der Waals surface area contributed by atoms with Gasteiger partial charge in [-0.3, -0.25) is 9.59 Å². The molecule has 0 aromatic heterocycles. The number of carbonyl (C=O) groups is 2. The van der Waals surface area contributed by atoms with Crippen LogP contribution in [0.2, 0.25) is 0 Å². The smallest absolute Gasteiger partial charge is 0.253 e. The topological polar surface area (TPSA) is 61.4 Å². The molecule has 2 rings (SSSR count). The Hall–Kier alpha value is -2.82. The molecule has 2 aromatic rings. The van der Waals surface area contributed by atoms with Crippen LogP contribution >= 0.6 is 0 Å². The number of aryl methyl sites for hydroxylation is 2. The van der Waals surface area contributed by atoms with Crippen LogP contribution in [0.1, 0.15) is 42.3 Å². The zero-order chi connectivity index (χ0) is 19.8. The van der Waals surface area contributed by atoms with Gasteiger partial charge in [-0.25, -0.2) is 0 Å². The van der Waals surface area contributed by atoms with Crippen LogP contribution in [0.25, 0.3) is 0 Å². The summed E-state index contributed by atoms with van der Waals surface area (Å²) in [5.41, 5.74) is 4.54. The van der Waals surface area contributed by atoms with E-state index in [0.29, 0.717) is 18.7 Å². The number of nitrogens with one attached hydrogen (secondary N) is 2. The molecule has 2 amide bonds. The van der Waals surface area contributed by atoms with Crippen LogP contribution in [0.4, 0.5) is 11.4 Å². The molecule has 0 spiro atoms. The fourth-order valence-electron chi connectivity index (χ4n) is 2.99. The first-order valence-corrected chi connectivity index (χ1v) is 9.51. The minimum Gasteiger partial charge on any atom is -0.376 e. The summed E-state index contributed by atoms with van der Waals surface area (Å²) in [6.07, 6.45) is 0.868. The molecular formula is C22H29N3O2.